The molecule has 19 heavy (non-hydrogen) atoms. The van der Waals surface area contributed by atoms with Crippen molar-refractivity contribution < 1.29 is 14.3 Å². The Morgan fingerprint density at radius 3 is 2.84 bits per heavy atom. The highest BCUT2D eigenvalue weighted by Crippen LogP contribution is 2.55. The maximum absolute atomic E-state index is 12.7. The van der Waals surface area contributed by atoms with Crippen LogP contribution in [0.15, 0.2) is 12.1 Å². The van der Waals surface area contributed by atoms with Gasteiger partial charge >= 0.3 is 0 Å². The lowest BCUT2D eigenvalue weighted by atomic mass is 9.64. The molecule has 0 radical (unpaired) electrons. The standard InChI is InChI=1S/C16H18O3/c1-2-16-6-4-3-5-11(16)15(17)10-7-13-14(8-12(10)16)19-9-18-13/h7-8,11H,2-6,9H2,1H3/t11-,16-/m1/s1. The zero-order valence-electron chi connectivity index (χ0n) is 11.2. The maximum Gasteiger partial charge on any atom is 0.231 e. The molecule has 0 aromatic heterocycles. The average Bonchev–Trinajstić information content (AvgIpc) is 3.00. The Balaban J connectivity index is 1.93. The first kappa shape index (κ1) is 11.3. The molecule has 0 N–H and O–H groups in total. The predicted octanol–water partition coefficient (Wildman–Crippen LogP) is 3.45. The van der Waals surface area contributed by atoms with E-state index in [1.54, 1.807) is 0 Å². The van der Waals surface area contributed by atoms with Gasteiger partial charge in [-0.1, -0.05) is 19.8 Å². The van der Waals surface area contributed by atoms with E-state index in [0.29, 0.717) is 5.78 Å². The van der Waals surface area contributed by atoms with Gasteiger partial charge < -0.3 is 9.47 Å². The lowest BCUT2D eigenvalue weighted by Gasteiger charge is -2.38. The third-order valence-corrected chi connectivity index (χ3v) is 5.29. The number of rotatable bonds is 1. The van der Waals surface area contributed by atoms with E-state index in [4.69, 9.17) is 9.47 Å². The van der Waals surface area contributed by atoms with E-state index in [9.17, 15) is 4.79 Å². The minimum absolute atomic E-state index is 0.0612. The Kier molecular flexibility index (Phi) is 2.23. The molecule has 0 amide bonds. The molecule has 0 bridgehead atoms. The molecule has 3 aliphatic rings. The topological polar surface area (TPSA) is 35.5 Å². The van der Waals surface area contributed by atoms with Crippen molar-refractivity contribution >= 4 is 5.78 Å². The smallest absolute Gasteiger partial charge is 0.231 e. The summed E-state index contributed by atoms with van der Waals surface area (Å²) < 4.78 is 10.9. The Morgan fingerprint density at radius 2 is 2.05 bits per heavy atom. The van der Waals surface area contributed by atoms with E-state index >= 15 is 0 Å². The van der Waals surface area contributed by atoms with Gasteiger partial charge in [0.2, 0.25) is 6.79 Å². The second-order valence-corrected chi connectivity index (χ2v) is 5.92. The molecule has 1 saturated carbocycles. The second kappa shape index (κ2) is 3.75. The van der Waals surface area contributed by atoms with Crippen molar-refractivity contribution in [1.29, 1.82) is 0 Å². The third kappa shape index (κ3) is 1.31. The molecule has 2 aliphatic carbocycles. The van der Waals surface area contributed by atoms with Crippen LogP contribution >= 0.6 is 0 Å². The fourth-order valence-corrected chi connectivity index (χ4v) is 4.30. The van der Waals surface area contributed by atoms with E-state index in [1.165, 1.54) is 18.4 Å². The van der Waals surface area contributed by atoms with E-state index in [0.717, 1.165) is 36.3 Å². The van der Waals surface area contributed by atoms with Crippen LogP contribution in [0.4, 0.5) is 0 Å². The predicted molar refractivity (Wildman–Crippen MR) is 70.8 cm³/mol. The highest BCUT2D eigenvalue weighted by molar-refractivity contribution is 6.05. The van der Waals surface area contributed by atoms with Crippen LogP contribution in [0.25, 0.3) is 0 Å². The van der Waals surface area contributed by atoms with Gasteiger partial charge in [-0.05, 0) is 37.0 Å². The molecule has 1 aromatic rings. The first-order valence-corrected chi connectivity index (χ1v) is 7.24. The minimum atomic E-state index is 0.0612. The van der Waals surface area contributed by atoms with Crippen LogP contribution < -0.4 is 9.47 Å². The van der Waals surface area contributed by atoms with Crippen molar-refractivity contribution in [2.24, 2.45) is 5.92 Å². The van der Waals surface area contributed by atoms with Crippen LogP contribution in [0, 0.1) is 5.92 Å². The third-order valence-electron chi connectivity index (χ3n) is 5.29. The van der Waals surface area contributed by atoms with Crippen LogP contribution in [-0.4, -0.2) is 12.6 Å². The lowest BCUT2D eigenvalue weighted by Crippen LogP contribution is -2.36. The number of hydrogen-bond donors (Lipinski definition) is 0. The van der Waals surface area contributed by atoms with Crippen LogP contribution in [-0.2, 0) is 5.41 Å². The summed E-state index contributed by atoms with van der Waals surface area (Å²) in [5.74, 6) is 2.06. The summed E-state index contributed by atoms with van der Waals surface area (Å²) in [6, 6.07) is 3.99. The molecule has 3 heteroatoms. The fourth-order valence-electron chi connectivity index (χ4n) is 4.30. The fraction of sp³-hybridized carbons (Fsp3) is 0.562. The number of hydrogen-bond acceptors (Lipinski definition) is 3. The zero-order valence-corrected chi connectivity index (χ0v) is 11.2. The number of carbonyl (C=O) groups is 1. The van der Waals surface area contributed by atoms with E-state index in [2.05, 4.69) is 13.0 Å². The molecule has 1 aromatic carbocycles. The Bertz CT molecular complexity index is 563. The number of carbonyl (C=O) groups excluding carboxylic acids is 1. The Morgan fingerprint density at radius 1 is 1.26 bits per heavy atom. The van der Waals surface area contributed by atoms with Crippen molar-refractivity contribution in [2.45, 2.75) is 44.4 Å². The van der Waals surface area contributed by atoms with Crippen LogP contribution in [0.1, 0.15) is 54.9 Å². The lowest BCUT2D eigenvalue weighted by molar-refractivity contribution is 0.0822. The van der Waals surface area contributed by atoms with E-state index in [-0.39, 0.29) is 18.1 Å². The number of fused-ring (bicyclic) bond motifs is 4. The van der Waals surface area contributed by atoms with E-state index < -0.39 is 0 Å². The molecule has 1 aliphatic heterocycles. The van der Waals surface area contributed by atoms with Crippen LogP contribution in [0.3, 0.4) is 0 Å². The zero-order chi connectivity index (χ0) is 13.0. The largest absolute Gasteiger partial charge is 0.454 e. The molecule has 0 spiro atoms. The van der Waals surface area contributed by atoms with Gasteiger partial charge in [-0.25, -0.2) is 0 Å². The molecule has 100 valence electrons. The van der Waals surface area contributed by atoms with Crippen molar-refractivity contribution in [3.05, 3.63) is 23.3 Å². The quantitative estimate of drug-likeness (QED) is 0.774. The number of ketones is 1. The van der Waals surface area contributed by atoms with Gasteiger partial charge in [0.05, 0.1) is 0 Å². The molecule has 3 nitrogen and oxygen atoms in total. The molecule has 2 atom stereocenters. The number of ether oxygens (including phenoxy) is 2. The summed E-state index contributed by atoms with van der Waals surface area (Å²) in [7, 11) is 0. The summed E-state index contributed by atoms with van der Waals surface area (Å²) in [6.07, 6.45) is 5.61. The maximum atomic E-state index is 12.7. The normalized spacial score (nSPS) is 31.2. The van der Waals surface area contributed by atoms with Crippen LogP contribution in [0.5, 0.6) is 11.5 Å². The molecule has 4 rings (SSSR count). The summed E-state index contributed by atoms with van der Waals surface area (Å²) in [5.41, 5.74) is 2.16. The van der Waals surface area contributed by atoms with Gasteiger partial charge in [-0.3, -0.25) is 4.79 Å². The Hall–Kier alpha value is -1.51. The van der Waals surface area contributed by atoms with Crippen LogP contribution in [0.2, 0.25) is 0 Å². The van der Waals surface area contributed by atoms with Gasteiger partial charge in [-0.2, -0.15) is 0 Å². The van der Waals surface area contributed by atoms with Gasteiger partial charge in [0.1, 0.15) is 0 Å². The Labute approximate surface area is 112 Å². The number of Topliss-reactive ketones (excluding diaryl/α,β-unsaturated/α-hetero) is 1. The molecule has 1 fully saturated rings. The van der Waals surface area contributed by atoms with Gasteiger partial charge in [0, 0.05) is 16.9 Å². The van der Waals surface area contributed by atoms with Crippen molar-refractivity contribution in [3.8, 4) is 11.5 Å². The van der Waals surface area contributed by atoms with E-state index in [1.807, 2.05) is 6.07 Å². The van der Waals surface area contributed by atoms with Crippen molar-refractivity contribution in [1.82, 2.24) is 0 Å². The number of benzene rings is 1. The molecule has 0 unspecified atom stereocenters. The average molecular weight is 258 g/mol. The molecular weight excluding hydrogens is 240 g/mol. The summed E-state index contributed by atoms with van der Waals surface area (Å²) in [4.78, 5) is 12.7. The summed E-state index contributed by atoms with van der Waals surface area (Å²) in [6.45, 7) is 2.49. The highest BCUT2D eigenvalue weighted by Gasteiger charge is 2.52. The summed E-state index contributed by atoms with van der Waals surface area (Å²) >= 11 is 0. The monoisotopic (exact) mass is 258 g/mol. The molecular formula is C16H18O3. The van der Waals surface area contributed by atoms with Gasteiger partial charge in [0.25, 0.3) is 0 Å². The minimum Gasteiger partial charge on any atom is -0.454 e. The van der Waals surface area contributed by atoms with Gasteiger partial charge in [0.15, 0.2) is 17.3 Å². The first-order valence-electron chi connectivity index (χ1n) is 7.24. The highest BCUT2D eigenvalue weighted by atomic mass is 16.7. The SMILES string of the molecule is CC[C@@]12CCCC[C@@H]1C(=O)c1cc3c(cc12)OCO3. The molecule has 1 heterocycles. The second-order valence-electron chi connectivity index (χ2n) is 5.92. The van der Waals surface area contributed by atoms with Crippen molar-refractivity contribution in [2.75, 3.05) is 6.79 Å². The van der Waals surface area contributed by atoms with Crippen molar-refractivity contribution in [3.63, 3.8) is 0 Å². The molecule has 0 saturated heterocycles. The first-order chi connectivity index (χ1) is 9.26. The summed E-state index contributed by atoms with van der Waals surface area (Å²) in [5, 5.41) is 0. The van der Waals surface area contributed by atoms with Gasteiger partial charge in [-0.15, -0.1) is 0 Å².